The van der Waals surface area contributed by atoms with Crippen LogP contribution >= 0.6 is 0 Å². The second-order valence-corrected chi connectivity index (χ2v) is 14.7. The number of phenolic OH excluding ortho intramolecular Hbond substituents is 1. The van der Waals surface area contributed by atoms with E-state index in [0.29, 0.717) is 18.8 Å². The minimum atomic E-state index is -0.178. The number of nitrogens with zero attached hydrogens (tertiary/aromatic N) is 3. The van der Waals surface area contributed by atoms with Crippen LogP contribution in [0.2, 0.25) is 0 Å². The maximum Gasteiger partial charge on any atom is 0.123 e. The zero-order chi connectivity index (χ0) is 33.1. The quantitative estimate of drug-likeness (QED) is 0.180. The van der Waals surface area contributed by atoms with Gasteiger partial charge in [-0.25, -0.2) is 0 Å². The number of aryl methyl sites for hydroxylation is 2. The van der Waals surface area contributed by atoms with Crippen molar-refractivity contribution in [2.45, 2.75) is 85.9 Å². The van der Waals surface area contributed by atoms with Crippen LogP contribution in [0.4, 0.5) is 17.1 Å². The van der Waals surface area contributed by atoms with Gasteiger partial charge >= 0.3 is 0 Å². The predicted octanol–water partition coefficient (Wildman–Crippen LogP) is 10.7. The van der Waals surface area contributed by atoms with Crippen LogP contribution in [0.5, 0.6) is 5.75 Å². The smallest absolute Gasteiger partial charge is 0.123 e. The van der Waals surface area contributed by atoms with Gasteiger partial charge in [0.1, 0.15) is 5.75 Å². The Balaban J connectivity index is 1.49. The first-order valence-electron chi connectivity index (χ1n) is 16.3. The molecule has 0 unspecified atom stereocenters. The monoisotopic (exact) mass is 611 g/mol. The second-order valence-electron chi connectivity index (χ2n) is 14.7. The molecule has 5 rings (SSSR count). The molecule has 1 aromatic heterocycles. The van der Waals surface area contributed by atoms with Gasteiger partial charge < -0.3 is 10.0 Å². The molecular formula is C42H49N3O. The van der Waals surface area contributed by atoms with Crippen LogP contribution in [0.3, 0.4) is 0 Å². The molecule has 0 saturated carbocycles. The molecule has 4 aromatic carbocycles. The van der Waals surface area contributed by atoms with Gasteiger partial charge in [0.25, 0.3) is 0 Å². The molecule has 1 N–H and O–H groups in total. The number of benzene rings is 4. The molecule has 0 spiro atoms. The fourth-order valence-corrected chi connectivity index (χ4v) is 5.79. The van der Waals surface area contributed by atoms with E-state index in [0.717, 1.165) is 40.4 Å². The molecule has 238 valence electrons. The van der Waals surface area contributed by atoms with Gasteiger partial charge in [-0.2, -0.15) is 0 Å². The third kappa shape index (κ3) is 8.05. The first-order valence-corrected chi connectivity index (χ1v) is 16.3. The Morgan fingerprint density at radius 3 is 1.63 bits per heavy atom. The number of rotatable bonds is 9. The van der Waals surface area contributed by atoms with Crippen molar-refractivity contribution in [1.82, 2.24) is 9.88 Å². The van der Waals surface area contributed by atoms with Crippen LogP contribution in [0.25, 0.3) is 0 Å². The molecule has 0 aliphatic heterocycles. The van der Waals surface area contributed by atoms with E-state index in [4.69, 9.17) is 0 Å². The van der Waals surface area contributed by atoms with Crippen molar-refractivity contribution < 1.29 is 5.11 Å². The summed E-state index contributed by atoms with van der Waals surface area (Å²) in [7, 11) is 0. The summed E-state index contributed by atoms with van der Waals surface area (Å²) in [5.41, 5.74) is 11.0. The van der Waals surface area contributed by atoms with Crippen molar-refractivity contribution in [2.75, 3.05) is 4.90 Å². The molecule has 0 atom stereocenters. The van der Waals surface area contributed by atoms with Crippen molar-refractivity contribution in [2.24, 2.45) is 0 Å². The fourth-order valence-electron chi connectivity index (χ4n) is 5.79. The summed E-state index contributed by atoms with van der Waals surface area (Å²) in [5, 5.41) is 11.6. The molecule has 4 nitrogen and oxygen atoms in total. The van der Waals surface area contributed by atoms with Crippen LogP contribution in [-0.2, 0) is 30.5 Å². The third-order valence-corrected chi connectivity index (χ3v) is 8.55. The van der Waals surface area contributed by atoms with Gasteiger partial charge in [-0.15, -0.1) is 0 Å². The molecule has 4 heteroatoms. The SMILES string of the molecule is Cc1ccc(N(c2ccc(C)cc2)c2ccc(CN(Cc3ccccn3)Cc3cc(C(C)(C)C)cc(C(C)(C)C)c3O)cc2)cc1. The molecule has 1 heterocycles. The van der Waals surface area contributed by atoms with E-state index in [1.807, 2.05) is 18.3 Å². The highest BCUT2D eigenvalue weighted by Crippen LogP contribution is 2.39. The molecule has 0 aliphatic rings. The van der Waals surface area contributed by atoms with E-state index in [-0.39, 0.29) is 10.8 Å². The number of aromatic hydroxyl groups is 1. The largest absolute Gasteiger partial charge is 0.507 e. The van der Waals surface area contributed by atoms with Gasteiger partial charge in [0.05, 0.1) is 5.69 Å². The lowest BCUT2D eigenvalue weighted by Crippen LogP contribution is -2.24. The summed E-state index contributed by atoms with van der Waals surface area (Å²) >= 11 is 0. The molecule has 0 saturated heterocycles. The Bertz CT molecular complexity index is 1680. The average Bonchev–Trinajstić information content (AvgIpc) is 3.00. The van der Waals surface area contributed by atoms with Crippen LogP contribution in [0.1, 0.15) is 80.6 Å². The molecule has 0 radical (unpaired) electrons. The maximum absolute atomic E-state index is 11.6. The summed E-state index contributed by atoms with van der Waals surface area (Å²) < 4.78 is 0. The minimum absolute atomic E-state index is 0.0368. The number of pyridine rings is 1. The Morgan fingerprint density at radius 2 is 1.15 bits per heavy atom. The topological polar surface area (TPSA) is 39.6 Å². The van der Waals surface area contributed by atoms with Gasteiger partial charge in [-0.05, 0) is 89.9 Å². The van der Waals surface area contributed by atoms with Crippen LogP contribution in [0.15, 0.2) is 109 Å². The summed E-state index contributed by atoms with van der Waals surface area (Å²) in [5.74, 6) is 0.397. The van der Waals surface area contributed by atoms with E-state index in [2.05, 4.69) is 161 Å². The molecule has 46 heavy (non-hydrogen) atoms. The fraction of sp³-hybridized carbons (Fsp3) is 0.310. The maximum atomic E-state index is 11.6. The third-order valence-electron chi connectivity index (χ3n) is 8.55. The predicted molar refractivity (Wildman–Crippen MR) is 193 cm³/mol. The van der Waals surface area contributed by atoms with Crippen LogP contribution < -0.4 is 4.90 Å². The number of aromatic nitrogens is 1. The first-order chi connectivity index (χ1) is 21.8. The van der Waals surface area contributed by atoms with Gasteiger partial charge in [-0.3, -0.25) is 9.88 Å². The van der Waals surface area contributed by atoms with Gasteiger partial charge in [0.2, 0.25) is 0 Å². The van der Waals surface area contributed by atoms with E-state index >= 15 is 0 Å². The lowest BCUT2D eigenvalue weighted by atomic mass is 9.79. The Kier molecular flexibility index (Phi) is 9.69. The number of anilines is 3. The number of hydrogen-bond donors (Lipinski definition) is 1. The highest BCUT2D eigenvalue weighted by molar-refractivity contribution is 5.76. The van der Waals surface area contributed by atoms with Gasteiger partial charge in [-0.1, -0.05) is 107 Å². The Morgan fingerprint density at radius 1 is 0.609 bits per heavy atom. The van der Waals surface area contributed by atoms with E-state index < -0.39 is 0 Å². The normalized spacial score (nSPS) is 12.0. The zero-order valence-electron chi connectivity index (χ0n) is 28.8. The summed E-state index contributed by atoms with van der Waals surface area (Å²) in [6, 6.07) is 36.7. The molecule has 0 aliphatic carbocycles. The molecule has 0 bridgehead atoms. The summed E-state index contributed by atoms with van der Waals surface area (Å²) in [6.07, 6.45) is 1.85. The molecular weight excluding hydrogens is 562 g/mol. The van der Waals surface area contributed by atoms with Crippen molar-refractivity contribution in [3.05, 3.63) is 148 Å². The van der Waals surface area contributed by atoms with Gasteiger partial charge in [0, 0.05) is 48.5 Å². The van der Waals surface area contributed by atoms with E-state index in [1.54, 1.807) is 0 Å². The van der Waals surface area contributed by atoms with Crippen molar-refractivity contribution in [1.29, 1.82) is 0 Å². The van der Waals surface area contributed by atoms with Crippen LogP contribution in [-0.4, -0.2) is 15.0 Å². The van der Waals surface area contributed by atoms with Gasteiger partial charge in [0.15, 0.2) is 0 Å². The standard InChI is InChI=1S/C42H49N3O/c1-30-12-18-36(19-13-30)45(37-20-14-31(2)15-21-37)38-22-16-32(17-23-38)27-44(29-35-11-9-10-24-43-35)28-33-25-34(41(3,4)5)26-39(40(33)46)42(6,7)8/h9-26,46H,27-29H2,1-8H3. The second kappa shape index (κ2) is 13.5. The number of hydrogen-bond acceptors (Lipinski definition) is 4. The lowest BCUT2D eigenvalue weighted by Gasteiger charge is -2.30. The highest BCUT2D eigenvalue weighted by atomic mass is 16.3. The first kappa shape index (κ1) is 33.0. The lowest BCUT2D eigenvalue weighted by molar-refractivity contribution is 0.240. The number of phenols is 1. The highest BCUT2D eigenvalue weighted by Gasteiger charge is 2.26. The van der Waals surface area contributed by atoms with Crippen LogP contribution in [0, 0.1) is 13.8 Å². The van der Waals surface area contributed by atoms with Crippen molar-refractivity contribution in [3.63, 3.8) is 0 Å². The van der Waals surface area contributed by atoms with E-state index in [1.165, 1.54) is 22.3 Å². The molecule has 0 amide bonds. The average molecular weight is 612 g/mol. The summed E-state index contributed by atoms with van der Waals surface area (Å²) in [6.45, 7) is 19.4. The molecule has 5 aromatic rings. The summed E-state index contributed by atoms with van der Waals surface area (Å²) in [4.78, 5) is 9.33. The van der Waals surface area contributed by atoms with Crippen molar-refractivity contribution in [3.8, 4) is 5.75 Å². The van der Waals surface area contributed by atoms with E-state index in [9.17, 15) is 5.11 Å². The van der Waals surface area contributed by atoms with Crippen molar-refractivity contribution >= 4 is 17.1 Å². The Labute approximate surface area is 276 Å². The minimum Gasteiger partial charge on any atom is -0.507 e. The zero-order valence-corrected chi connectivity index (χ0v) is 28.8. The molecule has 0 fully saturated rings. The Hall–Kier alpha value is -4.41.